The second-order valence-corrected chi connectivity index (χ2v) is 6.61. The fourth-order valence-corrected chi connectivity index (χ4v) is 2.94. The Morgan fingerprint density at radius 1 is 0.778 bits per heavy atom. The lowest BCUT2D eigenvalue weighted by Crippen LogP contribution is -2.63. The van der Waals surface area contributed by atoms with Crippen LogP contribution in [0.25, 0.3) is 0 Å². The van der Waals surface area contributed by atoms with Crippen LogP contribution in [-0.4, -0.2) is 105 Å². The third-order valence-corrected chi connectivity index (χ3v) is 4.70. The molecule has 0 aromatic heterocycles. The molecular formula is C16H28O11. The van der Waals surface area contributed by atoms with Crippen LogP contribution in [0.4, 0.5) is 0 Å². The van der Waals surface area contributed by atoms with Crippen LogP contribution >= 0.6 is 0 Å². The van der Waals surface area contributed by atoms with E-state index in [1.807, 2.05) is 0 Å². The molecule has 0 spiro atoms. The van der Waals surface area contributed by atoms with Gasteiger partial charge in [0.2, 0.25) is 0 Å². The number of carbonyl (C=O) groups excluding carboxylic acids is 1. The normalized spacial score (nSPS) is 45.5. The Labute approximate surface area is 156 Å². The third-order valence-electron chi connectivity index (χ3n) is 4.70. The zero-order valence-electron chi connectivity index (χ0n) is 15.1. The summed E-state index contributed by atoms with van der Waals surface area (Å²) in [7, 11) is 0. The van der Waals surface area contributed by atoms with Gasteiger partial charge in [0.1, 0.15) is 49.3 Å². The maximum Gasteiger partial charge on any atom is 0.305 e. The van der Waals surface area contributed by atoms with Crippen LogP contribution in [0.5, 0.6) is 0 Å². The fourth-order valence-electron chi connectivity index (χ4n) is 2.94. The van der Waals surface area contributed by atoms with Crippen LogP contribution in [0.15, 0.2) is 0 Å². The van der Waals surface area contributed by atoms with Crippen molar-refractivity contribution in [2.24, 2.45) is 0 Å². The van der Waals surface area contributed by atoms with E-state index in [-0.39, 0.29) is 13.0 Å². The quantitative estimate of drug-likeness (QED) is 0.252. The van der Waals surface area contributed by atoms with Gasteiger partial charge in [-0.05, 0) is 6.42 Å². The number of esters is 1. The molecular weight excluding hydrogens is 368 g/mol. The summed E-state index contributed by atoms with van der Waals surface area (Å²) in [6, 6.07) is 0. The standard InChI is InChI=1S/C16H28O11/c1-3-6-9(18)11(20)13(22)15(25-6)27-16-14(23)12(21)10(19)7(26-16)5-24-8(17)4-2/h6-7,9-16,18-23H,3-5H2,1-2H3/t6?,7?,9-,10-,11?,12+,13-,14?,15-,16-/m1/s1. The van der Waals surface area contributed by atoms with Crippen molar-refractivity contribution in [3.63, 3.8) is 0 Å². The summed E-state index contributed by atoms with van der Waals surface area (Å²) in [6.45, 7) is 2.89. The van der Waals surface area contributed by atoms with Crippen LogP contribution in [0.3, 0.4) is 0 Å². The summed E-state index contributed by atoms with van der Waals surface area (Å²) < 4.78 is 21.0. The number of aliphatic hydroxyl groups is 6. The number of aliphatic hydroxyl groups excluding tert-OH is 6. The highest BCUT2D eigenvalue weighted by Gasteiger charge is 2.49. The Bertz CT molecular complexity index is 487. The van der Waals surface area contributed by atoms with E-state index in [0.29, 0.717) is 6.42 Å². The Balaban J connectivity index is 2.05. The van der Waals surface area contributed by atoms with Crippen molar-refractivity contribution in [1.29, 1.82) is 0 Å². The minimum atomic E-state index is -1.70. The molecule has 2 fully saturated rings. The van der Waals surface area contributed by atoms with E-state index in [0.717, 1.165) is 0 Å². The largest absolute Gasteiger partial charge is 0.463 e. The van der Waals surface area contributed by atoms with Crippen LogP contribution in [0, 0.1) is 0 Å². The monoisotopic (exact) mass is 396 g/mol. The first-order chi connectivity index (χ1) is 12.7. The summed E-state index contributed by atoms with van der Waals surface area (Å²) in [5, 5.41) is 59.9. The Kier molecular flexibility index (Phi) is 7.92. The molecule has 0 aliphatic carbocycles. The Morgan fingerprint density at radius 3 is 1.74 bits per heavy atom. The molecule has 2 heterocycles. The van der Waals surface area contributed by atoms with Crippen molar-refractivity contribution < 1.29 is 54.4 Å². The number of hydrogen-bond acceptors (Lipinski definition) is 11. The summed E-state index contributed by atoms with van der Waals surface area (Å²) in [5.41, 5.74) is 0. The maximum atomic E-state index is 11.3. The Morgan fingerprint density at radius 2 is 1.26 bits per heavy atom. The fraction of sp³-hybridized carbons (Fsp3) is 0.938. The van der Waals surface area contributed by atoms with Gasteiger partial charge in [0.05, 0.1) is 6.10 Å². The molecule has 27 heavy (non-hydrogen) atoms. The first kappa shape index (κ1) is 22.4. The van der Waals surface area contributed by atoms with Crippen molar-refractivity contribution >= 4 is 5.97 Å². The van der Waals surface area contributed by atoms with E-state index >= 15 is 0 Å². The van der Waals surface area contributed by atoms with Gasteiger partial charge in [-0.3, -0.25) is 4.79 Å². The molecule has 2 saturated heterocycles. The lowest BCUT2D eigenvalue weighted by atomic mass is 9.97. The van der Waals surface area contributed by atoms with E-state index in [1.165, 1.54) is 0 Å². The van der Waals surface area contributed by atoms with Gasteiger partial charge in [0.25, 0.3) is 0 Å². The number of ether oxygens (including phenoxy) is 4. The van der Waals surface area contributed by atoms with E-state index in [2.05, 4.69) is 0 Å². The molecule has 0 aromatic carbocycles. The molecule has 2 rings (SSSR count). The second kappa shape index (κ2) is 9.54. The summed E-state index contributed by atoms with van der Waals surface area (Å²) >= 11 is 0. The maximum absolute atomic E-state index is 11.3. The zero-order valence-corrected chi connectivity index (χ0v) is 15.1. The predicted octanol–water partition coefficient (Wildman–Crippen LogP) is -3.02. The van der Waals surface area contributed by atoms with Gasteiger partial charge in [0, 0.05) is 6.42 Å². The lowest BCUT2D eigenvalue weighted by molar-refractivity contribution is -0.375. The van der Waals surface area contributed by atoms with Crippen LogP contribution < -0.4 is 0 Å². The van der Waals surface area contributed by atoms with Gasteiger partial charge in [-0.25, -0.2) is 0 Å². The highest BCUT2D eigenvalue weighted by atomic mass is 16.8. The van der Waals surface area contributed by atoms with Crippen molar-refractivity contribution in [1.82, 2.24) is 0 Å². The summed E-state index contributed by atoms with van der Waals surface area (Å²) in [5.74, 6) is -0.544. The number of carbonyl (C=O) groups is 1. The molecule has 158 valence electrons. The molecule has 0 amide bonds. The second-order valence-electron chi connectivity index (χ2n) is 6.61. The van der Waals surface area contributed by atoms with Crippen LogP contribution in [0.2, 0.25) is 0 Å². The SMILES string of the molecule is CCC(=O)OCC1O[C@H](O[C@H]2OC(CC)[C@@H](O)C(O)[C@H]2O)C(O)[C@@H](O)[C@@H]1O. The molecule has 0 saturated carbocycles. The molecule has 4 unspecified atom stereocenters. The van der Waals surface area contributed by atoms with Gasteiger partial charge >= 0.3 is 5.97 Å². The average Bonchev–Trinajstić information content (AvgIpc) is 2.67. The van der Waals surface area contributed by atoms with E-state index in [1.54, 1.807) is 13.8 Å². The van der Waals surface area contributed by atoms with Crippen molar-refractivity contribution in [2.45, 2.75) is 88.1 Å². The highest BCUT2D eigenvalue weighted by molar-refractivity contribution is 5.68. The summed E-state index contributed by atoms with van der Waals surface area (Å²) in [4.78, 5) is 11.3. The van der Waals surface area contributed by atoms with Crippen molar-refractivity contribution in [2.75, 3.05) is 6.61 Å². The lowest BCUT2D eigenvalue weighted by Gasteiger charge is -2.44. The first-order valence-corrected chi connectivity index (χ1v) is 8.91. The molecule has 2 aliphatic heterocycles. The van der Waals surface area contributed by atoms with Gasteiger partial charge in [0.15, 0.2) is 12.6 Å². The summed E-state index contributed by atoms with van der Waals surface area (Å²) in [6.07, 6.45) is -14.0. The van der Waals surface area contributed by atoms with Crippen LogP contribution in [-0.2, 0) is 23.7 Å². The zero-order chi connectivity index (χ0) is 20.3. The van der Waals surface area contributed by atoms with Gasteiger partial charge in [-0.15, -0.1) is 0 Å². The number of hydrogen-bond donors (Lipinski definition) is 6. The Hall–Kier alpha value is -0.890. The van der Waals surface area contributed by atoms with E-state index in [4.69, 9.17) is 18.9 Å². The van der Waals surface area contributed by atoms with Crippen molar-refractivity contribution in [3.05, 3.63) is 0 Å². The molecule has 0 bridgehead atoms. The minimum Gasteiger partial charge on any atom is -0.463 e. The molecule has 11 nitrogen and oxygen atoms in total. The molecule has 11 heteroatoms. The first-order valence-electron chi connectivity index (χ1n) is 8.91. The van der Waals surface area contributed by atoms with E-state index in [9.17, 15) is 35.4 Å². The van der Waals surface area contributed by atoms with Gasteiger partial charge in [-0.1, -0.05) is 13.8 Å². The molecule has 10 atom stereocenters. The molecule has 0 radical (unpaired) electrons. The third kappa shape index (κ3) is 4.94. The topological polar surface area (TPSA) is 175 Å². The predicted molar refractivity (Wildman–Crippen MR) is 86.0 cm³/mol. The van der Waals surface area contributed by atoms with Gasteiger partial charge in [-0.2, -0.15) is 0 Å². The smallest absolute Gasteiger partial charge is 0.305 e. The van der Waals surface area contributed by atoms with E-state index < -0.39 is 67.4 Å². The highest BCUT2D eigenvalue weighted by Crippen LogP contribution is 2.29. The van der Waals surface area contributed by atoms with Crippen LogP contribution in [0.1, 0.15) is 26.7 Å². The van der Waals surface area contributed by atoms with Gasteiger partial charge < -0.3 is 49.6 Å². The number of rotatable bonds is 6. The molecule has 6 N–H and O–H groups in total. The minimum absolute atomic E-state index is 0.106. The average molecular weight is 396 g/mol. The van der Waals surface area contributed by atoms with Crippen molar-refractivity contribution in [3.8, 4) is 0 Å². The molecule has 2 aliphatic rings. The molecule has 0 aromatic rings.